The lowest BCUT2D eigenvalue weighted by atomic mass is 9.53. The van der Waals surface area contributed by atoms with E-state index in [1.165, 1.54) is 83.5 Å². The molecule has 12 aliphatic rings. The summed E-state index contributed by atoms with van der Waals surface area (Å²) in [5.74, 6) is 14.8. The number of hydrogen-bond acceptors (Lipinski definition) is 2. The zero-order valence-electron chi connectivity index (χ0n) is 33.3. The van der Waals surface area contributed by atoms with Crippen LogP contribution in [0.25, 0.3) is 0 Å². The molecule has 53 heavy (non-hydrogen) atoms. The van der Waals surface area contributed by atoms with Crippen LogP contribution in [0.3, 0.4) is 0 Å². The van der Waals surface area contributed by atoms with Gasteiger partial charge < -0.3 is 0 Å². The van der Waals surface area contributed by atoms with Crippen LogP contribution in [-0.2, 0) is 0 Å². The van der Waals surface area contributed by atoms with E-state index >= 15 is 0 Å². The summed E-state index contributed by atoms with van der Waals surface area (Å²) >= 11 is 0. The Labute approximate surface area is 323 Å². The average Bonchev–Trinajstić information content (AvgIpc) is 3.84. The second-order valence-electron chi connectivity index (χ2n) is 22.0. The van der Waals surface area contributed by atoms with E-state index in [-0.39, 0.29) is 0 Å². The minimum absolute atomic E-state index is 0.371. The molecule has 0 bridgehead atoms. The van der Waals surface area contributed by atoms with Crippen molar-refractivity contribution in [1.82, 2.24) is 10.6 Å². The highest BCUT2D eigenvalue weighted by Crippen LogP contribution is 2.79. The van der Waals surface area contributed by atoms with Gasteiger partial charge in [-0.2, -0.15) is 0 Å². The van der Waals surface area contributed by atoms with Crippen LogP contribution in [0.15, 0.2) is 47.6 Å². The minimum atomic E-state index is 0.371. The van der Waals surface area contributed by atoms with E-state index in [0.29, 0.717) is 23.7 Å². The van der Waals surface area contributed by atoms with Gasteiger partial charge in [-0.15, -0.1) is 0 Å². The van der Waals surface area contributed by atoms with Gasteiger partial charge in [0.25, 0.3) is 0 Å². The Bertz CT molecular complexity index is 1510. The molecule has 1 spiro atoms. The predicted octanol–water partition coefficient (Wildman–Crippen LogP) is 11.9. The highest BCUT2D eigenvalue weighted by atomic mass is 15.2. The van der Waals surface area contributed by atoms with Crippen LogP contribution in [0.2, 0.25) is 0 Å². The van der Waals surface area contributed by atoms with Crippen LogP contribution in [-0.4, -0.2) is 18.2 Å². The summed E-state index contributed by atoms with van der Waals surface area (Å²) in [7, 11) is 0. The molecular weight excluding hydrogens is 641 g/mol. The van der Waals surface area contributed by atoms with Gasteiger partial charge in [0, 0.05) is 17.5 Å². The number of nitrogens with one attached hydrogen (secondary N) is 2. The Morgan fingerprint density at radius 3 is 2.09 bits per heavy atom. The van der Waals surface area contributed by atoms with Gasteiger partial charge in [-0.05, 0) is 197 Å². The van der Waals surface area contributed by atoms with E-state index in [1.807, 2.05) is 0 Å². The van der Waals surface area contributed by atoms with Crippen molar-refractivity contribution in [2.24, 2.45) is 94.2 Å². The number of hydrogen-bond donors (Lipinski definition) is 2. The summed E-state index contributed by atoms with van der Waals surface area (Å²) in [6.45, 7) is 0. The molecule has 9 fully saturated rings. The highest BCUT2D eigenvalue weighted by molar-refractivity contribution is 5.39. The molecule has 288 valence electrons. The van der Waals surface area contributed by atoms with Crippen LogP contribution in [0.1, 0.15) is 154 Å². The molecule has 0 amide bonds. The van der Waals surface area contributed by atoms with E-state index in [9.17, 15) is 0 Å². The van der Waals surface area contributed by atoms with Crippen molar-refractivity contribution in [3.05, 3.63) is 47.6 Å². The van der Waals surface area contributed by atoms with Crippen LogP contribution in [0, 0.1) is 94.2 Å². The zero-order chi connectivity index (χ0) is 34.7. The van der Waals surface area contributed by atoms with Crippen LogP contribution in [0.4, 0.5) is 0 Å². The van der Waals surface area contributed by atoms with Crippen molar-refractivity contribution in [3.63, 3.8) is 0 Å². The van der Waals surface area contributed by atoms with E-state index in [2.05, 4.69) is 52.7 Å². The monoisotopic (exact) mass is 715 g/mol. The lowest BCUT2D eigenvalue weighted by Gasteiger charge is -2.52. The van der Waals surface area contributed by atoms with Crippen LogP contribution < -0.4 is 10.6 Å². The van der Waals surface area contributed by atoms with Crippen molar-refractivity contribution in [2.75, 3.05) is 0 Å². The maximum atomic E-state index is 4.39. The van der Waals surface area contributed by atoms with E-state index in [1.54, 1.807) is 76.2 Å². The fourth-order valence-electron chi connectivity index (χ4n) is 19.3. The molecule has 0 aromatic rings. The summed E-state index contributed by atoms with van der Waals surface area (Å²) in [5, 5.41) is 8.66. The molecular formula is C51H74N2. The smallest absolute Gasteiger partial charge is 0.0836 e. The van der Waals surface area contributed by atoms with Gasteiger partial charge in [0.1, 0.15) is 0 Å². The van der Waals surface area contributed by atoms with Gasteiger partial charge in [-0.25, -0.2) is 0 Å². The Morgan fingerprint density at radius 2 is 1.25 bits per heavy atom. The molecule has 2 heteroatoms. The third-order valence-corrected chi connectivity index (χ3v) is 20.6. The maximum absolute atomic E-state index is 4.39. The lowest BCUT2D eigenvalue weighted by molar-refractivity contribution is 0.0189. The molecule has 0 aromatic carbocycles. The SMILES string of the molecule is C1=CC(C2NC(C3CCCCC3)CC(C3CCC4C(C3)C3CCCCC3C43C4=CC5C6CCC=CC6C6CCCC(C4C4CCCCC43)C56)N2)=CCC1. The normalized spacial score (nSPS) is 54.2. The molecule has 1 aliphatic heterocycles. The second-order valence-corrected chi connectivity index (χ2v) is 22.0. The lowest BCUT2D eigenvalue weighted by Crippen LogP contribution is -2.63. The first-order chi connectivity index (χ1) is 26.3. The van der Waals surface area contributed by atoms with Crippen molar-refractivity contribution >= 4 is 0 Å². The molecule has 0 aromatic heterocycles. The fraction of sp³-hybridized carbons (Fsp3) is 0.843. The number of allylic oxidation sites excluding steroid dienone is 6. The summed E-state index contributed by atoms with van der Waals surface area (Å²) in [6, 6.07) is 1.41. The van der Waals surface area contributed by atoms with Gasteiger partial charge in [0.2, 0.25) is 0 Å². The van der Waals surface area contributed by atoms with Crippen molar-refractivity contribution in [1.29, 1.82) is 0 Å². The van der Waals surface area contributed by atoms with Crippen LogP contribution in [0.5, 0.6) is 0 Å². The molecule has 0 radical (unpaired) electrons. The maximum Gasteiger partial charge on any atom is 0.0836 e. The summed E-state index contributed by atoms with van der Waals surface area (Å²) in [5.41, 5.74) is 4.36. The van der Waals surface area contributed by atoms with Gasteiger partial charge in [-0.1, -0.05) is 93.4 Å². The first kappa shape index (κ1) is 34.0. The Morgan fingerprint density at radius 1 is 0.509 bits per heavy atom. The van der Waals surface area contributed by atoms with E-state index < -0.39 is 0 Å². The predicted molar refractivity (Wildman–Crippen MR) is 218 cm³/mol. The largest absolute Gasteiger partial charge is 0.295 e. The van der Waals surface area contributed by atoms with Crippen molar-refractivity contribution in [3.8, 4) is 0 Å². The summed E-state index contributed by atoms with van der Waals surface area (Å²) in [4.78, 5) is 0. The van der Waals surface area contributed by atoms with Gasteiger partial charge in [0.05, 0.1) is 6.17 Å². The third-order valence-electron chi connectivity index (χ3n) is 20.6. The van der Waals surface area contributed by atoms with E-state index in [0.717, 1.165) is 88.8 Å². The molecule has 2 N–H and O–H groups in total. The summed E-state index contributed by atoms with van der Waals surface area (Å²) < 4.78 is 0. The average molecular weight is 715 g/mol. The first-order valence-electron chi connectivity index (χ1n) is 24.6. The molecule has 2 nitrogen and oxygen atoms in total. The Kier molecular flexibility index (Phi) is 8.64. The van der Waals surface area contributed by atoms with Gasteiger partial charge >= 0.3 is 0 Å². The minimum Gasteiger partial charge on any atom is -0.295 e. The van der Waals surface area contributed by atoms with E-state index in [4.69, 9.17) is 0 Å². The van der Waals surface area contributed by atoms with Gasteiger partial charge in [0.15, 0.2) is 0 Å². The molecule has 18 atom stereocenters. The summed E-state index contributed by atoms with van der Waals surface area (Å²) in [6.07, 6.45) is 52.4. The second kappa shape index (κ2) is 13.5. The standard InChI is InChI=1S/C51H74N2/c1-3-14-31(15-4-1)46-30-47(53-50(52-46)32-16-5-2-6-17-32)33-26-27-44-40(28-33)36-20-9-11-24-42(36)51(44)43-25-12-10-21-38(43)49-39-23-13-22-37-34-18-7-8-19-35(34)41(48(37)39)29-45(49)51/h5,7,16-18,29,31,33-44,46-50,52-53H,1-4,6,8-15,19-28,30H2. The van der Waals surface area contributed by atoms with Crippen LogP contribution >= 0.6 is 0 Å². The molecule has 1 heterocycles. The molecule has 8 saturated carbocycles. The quantitative estimate of drug-likeness (QED) is 0.284. The van der Waals surface area contributed by atoms with Crippen molar-refractivity contribution in [2.45, 2.75) is 172 Å². The Hall–Kier alpha value is -1.12. The fourth-order valence-corrected chi connectivity index (χ4v) is 19.3. The number of fused-ring (bicyclic) bond motifs is 14. The van der Waals surface area contributed by atoms with Gasteiger partial charge in [-0.3, -0.25) is 10.6 Å². The third kappa shape index (κ3) is 5.07. The highest BCUT2D eigenvalue weighted by Gasteiger charge is 2.73. The zero-order valence-corrected chi connectivity index (χ0v) is 33.3. The Balaban J connectivity index is 0.906. The molecule has 18 unspecified atom stereocenters. The van der Waals surface area contributed by atoms with Crippen molar-refractivity contribution < 1.29 is 0 Å². The first-order valence-corrected chi connectivity index (χ1v) is 24.6. The number of rotatable bonds is 3. The molecule has 12 rings (SSSR count). The molecule has 11 aliphatic carbocycles. The molecule has 1 saturated heterocycles. The topological polar surface area (TPSA) is 24.1 Å².